The number of carboxylic acids is 1. The lowest BCUT2D eigenvalue weighted by Gasteiger charge is -2.14. The number of rotatable bonds is 5. The lowest BCUT2D eigenvalue weighted by atomic mass is 10.1. The van der Waals surface area contributed by atoms with E-state index in [1.165, 1.54) is 12.1 Å². The molecule has 0 heterocycles. The molecule has 1 aromatic rings. The molecule has 1 aromatic carbocycles. The fourth-order valence-electron chi connectivity index (χ4n) is 1.82. The molecule has 2 rings (SSSR count). The zero-order valence-corrected chi connectivity index (χ0v) is 11.5. The maximum atomic E-state index is 12.0. The number of carbonyl (C=O) groups is 2. The molecule has 1 aliphatic carbocycles. The van der Waals surface area contributed by atoms with Crippen molar-refractivity contribution < 1.29 is 14.7 Å². The van der Waals surface area contributed by atoms with E-state index in [1.54, 1.807) is 6.07 Å². The van der Waals surface area contributed by atoms with Gasteiger partial charge in [-0.1, -0.05) is 36.0 Å². The van der Waals surface area contributed by atoms with Crippen LogP contribution < -0.4 is 5.32 Å². The Kier molecular flexibility index (Phi) is 4.32. The molecule has 0 bridgehead atoms. The maximum absolute atomic E-state index is 12.0. The number of halogens is 2. The van der Waals surface area contributed by atoms with E-state index in [2.05, 4.69) is 5.32 Å². The van der Waals surface area contributed by atoms with Crippen molar-refractivity contribution >= 4 is 35.1 Å². The van der Waals surface area contributed by atoms with E-state index in [1.807, 2.05) is 0 Å². The lowest BCUT2D eigenvalue weighted by molar-refractivity contribution is -0.139. The van der Waals surface area contributed by atoms with Crippen LogP contribution in [0.4, 0.5) is 0 Å². The minimum Gasteiger partial charge on any atom is -0.480 e. The zero-order chi connectivity index (χ0) is 14.0. The average molecular weight is 302 g/mol. The average Bonchev–Trinajstić information content (AvgIpc) is 3.15. The molecule has 6 heteroatoms. The van der Waals surface area contributed by atoms with Gasteiger partial charge in [0.1, 0.15) is 6.04 Å². The smallest absolute Gasteiger partial charge is 0.326 e. The molecule has 102 valence electrons. The number of hydrogen-bond donors (Lipinski definition) is 2. The summed E-state index contributed by atoms with van der Waals surface area (Å²) in [5.41, 5.74) is 0.191. The van der Waals surface area contributed by atoms with E-state index in [4.69, 9.17) is 28.3 Å². The Hall–Kier alpha value is -1.26. The molecular weight excluding hydrogens is 289 g/mol. The molecule has 0 aliphatic heterocycles. The van der Waals surface area contributed by atoms with Crippen LogP contribution in [0.5, 0.6) is 0 Å². The van der Waals surface area contributed by atoms with Crippen molar-refractivity contribution in [2.45, 2.75) is 25.3 Å². The fraction of sp³-hybridized carbons (Fsp3) is 0.385. The monoisotopic (exact) mass is 301 g/mol. The topological polar surface area (TPSA) is 66.4 Å². The van der Waals surface area contributed by atoms with Crippen molar-refractivity contribution in [2.24, 2.45) is 5.92 Å². The Balaban J connectivity index is 2.09. The van der Waals surface area contributed by atoms with Gasteiger partial charge in [-0.3, -0.25) is 4.79 Å². The van der Waals surface area contributed by atoms with Gasteiger partial charge >= 0.3 is 5.97 Å². The van der Waals surface area contributed by atoms with Crippen LogP contribution in [0.2, 0.25) is 10.0 Å². The Bertz CT molecular complexity index is 515. The molecule has 0 spiro atoms. The minimum absolute atomic E-state index is 0.191. The van der Waals surface area contributed by atoms with E-state index in [0.717, 1.165) is 12.8 Å². The van der Waals surface area contributed by atoms with Gasteiger partial charge in [0, 0.05) is 5.02 Å². The maximum Gasteiger partial charge on any atom is 0.326 e. The molecule has 1 saturated carbocycles. The van der Waals surface area contributed by atoms with Gasteiger partial charge in [0.25, 0.3) is 5.91 Å². The fourth-order valence-corrected chi connectivity index (χ4v) is 2.19. The van der Waals surface area contributed by atoms with Crippen LogP contribution in [0.1, 0.15) is 29.6 Å². The summed E-state index contributed by atoms with van der Waals surface area (Å²) in [7, 11) is 0. The molecule has 1 unspecified atom stereocenters. The van der Waals surface area contributed by atoms with Crippen LogP contribution >= 0.6 is 23.2 Å². The van der Waals surface area contributed by atoms with Crippen molar-refractivity contribution in [1.82, 2.24) is 5.32 Å². The number of carbonyl (C=O) groups excluding carboxylic acids is 1. The number of hydrogen-bond acceptors (Lipinski definition) is 2. The third kappa shape index (κ3) is 3.85. The van der Waals surface area contributed by atoms with Gasteiger partial charge in [-0.2, -0.15) is 0 Å². The van der Waals surface area contributed by atoms with Crippen LogP contribution in [0, 0.1) is 5.92 Å². The van der Waals surface area contributed by atoms with Crippen molar-refractivity contribution in [1.29, 1.82) is 0 Å². The summed E-state index contributed by atoms with van der Waals surface area (Å²) in [5, 5.41) is 12.2. The van der Waals surface area contributed by atoms with Gasteiger partial charge in [-0.05, 0) is 30.5 Å². The minimum atomic E-state index is -1.03. The number of aliphatic carboxylic acids is 1. The van der Waals surface area contributed by atoms with Gasteiger partial charge in [0.2, 0.25) is 0 Å². The summed E-state index contributed by atoms with van der Waals surface area (Å²) in [4.78, 5) is 23.1. The van der Waals surface area contributed by atoms with Gasteiger partial charge in [0.05, 0.1) is 10.6 Å². The van der Waals surface area contributed by atoms with E-state index < -0.39 is 17.9 Å². The Morgan fingerprint density at radius 3 is 2.63 bits per heavy atom. The van der Waals surface area contributed by atoms with E-state index in [9.17, 15) is 9.59 Å². The highest BCUT2D eigenvalue weighted by Gasteiger charge is 2.30. The zero-order valence-electron chi connectivity index (χ0n) is 10.0. The van der Waals surface area contributed by atoms with Crippen LogP contribution in [-0.2, 0) is 4.79 Å². The third-order valence-corrected chi connectivity index (χ3v) is 3.61. The number of nitrogens with one attached hydrogen (secondary N) is 1. The second-order valence-corrected chi connectivity index (χ2v) is 5.51. The summed E-state index contributed by atoms with van der Waals surface area (Å²) >= 11 is 11.7. The molecular formula is C13H13Cl2NO3. The number of amides is 1. The first-order chi connectivity index (χ1) is 8.97. The highest BCUT2D eigenvalue weighted by atomic mass is 35.5. The molecule has 4 nitrogen and oxygen atoms in total. The third-order valence-electron chi connectivity index (χ3n) is 3.04. The molecule has 0 aromatic heterocycles. The summed E-state index contributed by atoms with van der Waals surface area (Å²) in [6.07, 6.45) is 2.51. The van der Waals surface area contributed by atoms with Gasteiger partial charge < -0.3 is 10.4 Å². The highest BCUT2D eigenvalue weighted by molar-refractivity contribution is 6.35. The summed E-state index contributed by atoms with van der Waals surface area (Å²) < 4.78 is 0. The quantitative estimate of drug-likeness (QED) is 0.878. The first-order valence-electron chi connectivity index (χ1n) is 5.96. The number of carboxylic acid groups (broad SMARTS) is 1. The highest BCUT2D eigenvalue weighted by Crippen LogP contribution is 2.33. The molecule has 1 amide bonds. The van der Waals surface area contributed by atoms with Crippen molar-refractivity contribution in [3.8, 4) is 0 Å². The SMILES string of the molecule is O=C(NC(CC1CC1)C(=O)O)c1cc(Cl)ccc1Cl. The first-order valence-corrected chi connectivity index (χ1v) is 6.71. The second-order valence-electron chi connectivity index (χ2n) is 4.67. The molecule has 0 radical (unpaired) electrons. The van der Waals surface area contributed by atoms with Gasteiger partial charge in [-0.15, -0.1) is 0 Å². The Morgan fingerprint density at radius 2 is 2.05 bits per heavy atom. The molecule has 1 atom stereocenters. The summed E-state index contributed by atoms with van der Waals surface area (Å²) in [5.74, 6) is -1.14. The standard InChI is InChI=1S/C13H13Cl2NO3/c14-8-3-4-10(15)9(6-8)12(17)16-11(13(18)19)5-7-1-2-7/h3-4,6-7,11H,1-2,5H2,(H,16,17)(H,18,19). The van der Waals surface area contributed by atoms with Crippen molar-refractivity contribution in [3.05, 3.63) is 33.8 Å². The van der Waals surface area contributed by atoms with E-state index >= 15 is 0 Å². The second kappa shape index (κ2) is 5.80. The van der Waals surface area contributed by atoms with Crippen LogP contribution in [0.15, 0.2) is 18.2 Å². The van der Waals surface area contributed by atoms with E-state index in [0.29, 0.717) is 17.4 Å². The summed E-state index contributed by atoms with van der Waals surface area (Å²) in [6.45, 7) is 0. The Labute approximate surface area is 120 Å². The van der Waals surface area contributed by atoms with Crippen molar-refractivity contribution in [2.75, 3.05) is 0 Å². The van der Waals surface area contributed by atoms with Gasteiger partial charge in [0.15, 0.2) is 0 Å². The number of benzene rings is 1. The molecule has 1 aliphatic rings. The normalized spacial score (nSPS) is 15.9. The molecule has 1 fully saturated rings. The lowest BCUT2D eigenvalue weighted by Crippen LogP contribution is -2.41. The first kappa shape index (κ1) is 14.2. The predicted octanol–water partition coefficient (Wildman–Crippen LogP) is 2.98. The van der Waals surface area contributed by atoms with E-state index in [-0.39, 0.29) is 10.6 Å². The molecule has 19 heavy (non-hydrogen) atoms. The Morgan fingerprint density at radius 1 is 1.37 bits per heavy atom. The molecule has 0 saturated heterocycles. The summed E-state index contributed by atoms with van der Waals surface area (Å²) in [6, 6.07) is 3.62. The largest absolute Gasteiger partial charge is 0.480 e. The van der Waals surface area contributed by atoms with Crippen LogP contribution in [0.3, 0.4) is 0 Å². The van der Waals surface area contributed by atoms with Crippen molar-refractivity contribution in [3.63, 3.8) is 0 Å². The molecule has 2 N–H and O–H groups in total. The van der Waals surface area contributed by atoms with Gasteiger partial charge in [-0.25, -0.2) is 4.79 Å². The van der Waals surface area contributed by atoms with Crippen LogP contribution in [0.25, 0.3) is 0 Å². The predicted molar refractivity (Wildman–Crippen MR) is 72.7 cm³/mol. The van der Waals surface area contributed by atoms with Crippen LogP contribution in [-0.4, -0.2) is 23.0 Å².